The Morgan fingerprint density at radius 1 is 1.11 bits per heavy atom. The first-order valence-corrected chi connectivity index (χ1v) is 8.86. The molecular weight excluding hydrogens is 342 g/mol. The van der Waals surface area contributed by atoms with Crippen LogP contribution >= 0.6 is 0 Å². The van der Waals surface area contributed by atoms with Crippen LogP contribution in [0.15, 0.2) is 59.5 Å². The van der Waals surface area contributed by atoms with Crippen LogP contribution in [0.3, 0.4) is 0 Å². The summed E-state index contributed by atoms with van der Waals surface area (Å²) in [5.41, 5.74) is 2.54. The smallest absolute Gasteiger partial charge is 0.221 e. The molecule has 0 saturated carbocycles. The highest BCUT2D eigenvalue weighted by Gasteiger charge is 2.07. The highest BCUT2D eigenvalue weighted by molar-refractivity contribution is 5.79. The summed E-state index contributed by atoms with van der Waals surface area (Å²) in [6.07, 6.45) is 2.22. The maximum Gasteiger partial charge on any atom is 0.221 e. The van der Waals surface area contributed by atoms with E-state index in [0.717, 1.165) is 22.4 Å². The lowest BCUT2D eigenvalue weighted by atomic mass is 10.2. The average Bonchev–Trinajstić information content (AvgIpc) is 3.10. The lowest BCUT2D eigenvalue weighted by Crippen LogP contribution is -2.27. The van der Waals surface area contributed by atoms with Gasteiger partial charge >= 0.3 is 0 Å². The number of nitrogens with zero attached hydrogens (tertiary/aromatic N) is 3. The van der Waals surface area contributed by atoms with Crippen molar-refractivity contribution in [3.63, 3.8) is 0 Å². The van der Waals surface area contributed by atoms with E-state index in [0.29, 0.717) is 31.3 Å². The third kappa shape index (κ3) is 3.72. The van der Waals surface area contributed by atoms with E-state index in [1.54, 1.807) is 10.7 Å². The van der Waals surface area contributed by atoms with Gasteiger partial charge in [0, 0.05) is 24.8 Å². The molecule has 0 aliphatic heterocycles. The number of carbonyl (C=O) groups excluding carboxylic acids is 1. The van der Waals surface area contributed by atoms with Crippen molar-refractivity contribution in [2.75, 3.05) is 6.54 Å². The number of nitrogens with one attached hydrogen (secondary N) is 2. The Hall–Kier alpha value is -3.48. The van der Waals surface area contributed by atoms with E-state index in [4.69, 9.17) is 0 Å². The molecule has 0 fully saturated rings. The molecule has 2 aromatic heterocycles. The zero-order valence-corrected chi connectivity index (χ0v) is 14.7. The maximum atomic E-state index is 12.1. The second-order valence-electron chi connectivity index (χ2n) is 6.30. The second kappa shape index (κ2) is 7.41. The Balaban J connectivity index is 1.32. The molecule has 0 bridgehead atoms. The van der Waals surface area contributed by atoms with Gasteiger partial charge in [-0.25, -0.2) is 4.98 Å². The molecule has 27 heavy (non-hydrogen) atoms. The number of H-pyrrole nitrogens is 1. The Kier molecular flexibility index (Phi) is 4.65. The van der Waals surface area contributed by atoms with E-state index >= 15 is 0 Å². The van der Waals surface area contributed by atoms with E-state index in [1.807, 2.05) is 42.5 Å². The lowest BCUT2D eigenvalue weighted by molar-refractivity contribution is -0.121. The fourth-order valence-corrected chi connectivity index (χ4v) is 3.08. The van der Waals surface area contributed by atoms with Crippen molar-refractivity contribution in [2.24, 2.45) is 0 Å². The highest BCUT2D eigenvalue weighted by Crippen LogP contribution is 2.10. The topological polar surface area (TPSA) is 92.7 Å². The number of hydrogen-bond acceptors (Lipinski definition) is 4. The molecule has 0 saturated heterocycles. The number of imidazole rings is 1. The molecule has 0 radical (unpaired) electrons. The monoisotopic (exact) mass is 361 g/mol. The van der Waals surface area contributed by atoms with Gasteiger partial charge in [0.05, 0.1) is 29.3 Å². The van der Waals surface area contributed by atoms with Crippen LogP contribution in [0.25, 0.3) is 21.9 Å². The molecule has 2 heterocycles. The van der Waals surface area contributed by atoms with Gasteiger partial charge in [-0.1, -0.05) is 24.3 Å². The minimum absolute atomic E-state index is 0.0595. The summed E-state index contributed by atoms with van der Waals surface area (Å²) in [5, 5.41) is 7.65. The second-order valence-corrected chi connectivity index (χ2v) is 6.30. The highest BCUT2D eigenvalue weighted by atomic mass is 16.1. The molecule has 0 aliphatic carbocycles. The Labute approximate surface area is 155 Å². The number of fused-ring (bicyclic) bond motifs is 2. The molecule has 2 N–H and O–H groups in total. The van der Waals surface area contributed by atoms with Gasteiger partial charge in [0.15, 0.2) is 0 Å². The molecule has 2 aromatic carbocycles. The first kappa shape index (κ1) is 17.0. The fraction of sp³-hybridized carbons (Fsp3) is 0.200. The molecule has 0 spiro atoms. The van der Waals surface area contributed by atoms with E-state index in [9.17, 15) is 9.59 Å². The molecular formula is C20H19N5O2. The van der Waals surface area contributed by atoms with E-state index in [2.05, 4.69) is 20.4 Å². The molecule has 1 amide bonds. The first-order valence-electron chi connectivity index (χ1n) is 8.86. The number of carbonyl (C=O) groups is 1. The van der Waals surface area contributed by atoms with E-state index in [-0.39, 0.29) is 11.3 Å². The number of aromatic nitrogens is 4. The van der Waals surface area contributed by atoms with Crippen LogP contribution in [0.1, 0.15) is 12.2 Å². The van der Waals surface area contributed by atoms with Crippen molar-refractivity contribution in [1.29, 1.82) is 0 Å². The van der Waals surface area contributed by atoms with Gasteiger partial charge in [0.2, 0.25) is 11.3 Å². The summed E-state index contributed by atoms with van der Waals surface area (Å²) >= 11 is 0. The van der Waals surface area contributed by atoms with Crippen molar-refractivity contribution in [1.82, 2.24) is 25.1 Å². The number of benzene rings is 2. The van der Waals surface area contributed by atoms with Gasteiger partial charge in [-0.15, -0.1) is 0 Å². The first-order chi connectivity index (χ1) is 13.2. The summed E-state index contributed by atoms with van der Waals surface area (Å²) in [6.45, 7) is 0.925. The predicted octanol–water partition coefficient (Wildman–Crippen LogP) is 2.02. The number of amides is 1. The summed E-state index contributed by atoms with van der Waals surface area (Å²) in [6, 6.07) is 15.1. The maximum absolute atomic E-state index is 12.1. The fourth-order valence-electron chi connectivity index (χ4n) is 3.08. The molecule has 7 heteroatoms. The molecule has 4 aromatic rings. The molecule has 4 rings (SSSR count). The van der Waals surface area contributed by atoms with E-state index in [1.165, 1.54) is 6.20 Å². The molecule has 136 valence electrons. The third-order valence-electron chi connectivity index (χ3n) is 4.44. The number of aromatic amines is 1. The van der Waals surface area contributed by atoms with Gasteiger partial charge < -0.3 is 10.3 Å². The summed E-state index contributed by atoms with van der Waals surface area (Å²) < 4.78 is 1.69. The normalized spacial score (nSPS) is 11.1. The van der Waals surface area contributed by atoms with Crippen LogP contribution in [0, 0.1) is 0 Å². The number of aryl methyl sites for hydroxylation is 1. The average molecular weight is 361 g/mol. The third-order valence-corrected chi connectivity index (χ3v) is 4.44. The number of hydrogen-bond donors (Lipinski definition) is 2. The van der Waals surface area contributed by atoms with Crippen LogP contribution in [-0.2, 0) is 17.8 Å². The lowest BCUT2D eigenvalue weighted by Gasteiger charge is -2.09. The van der Waals surface area contributed by atoms with Gasteiger partial charge in [-0.2, -0.15) is 5.10 Å². The van der Waals surface area contributed by atoms with Crippen molar-refractivity contribution >= 4 is 27.8 Å². The van der Waals surface area contributed by atoms with Crippen LogP contribution < -0.4 is 10.7 Å². The van der Waals surface area contributed by atoms with Gasteiger partial charge in [0.25, 0.3) is 0 Å². The largest absolute Gasteiger partial charge is 0.356 e. The zero-order chi connectivity index (χ0) is 18.6. The van der Waals surface area contributed by atoms with E-state index < -0.39 is 0 Å². The van der Waals surface area contributed by atoms with Crippen molar-refractivity contribution in [3.05, 3.63) is 70.8 Å². The molecule has 0 aliphatic rings. The minimum atomic E-state index is -0.114. The van der Waals surface area contributed by atoms with Crippen LogP contribution in [-0.4, -0.2) is 32.2 Å². The van der Waals surface area contributed by atoms with Crippen LogP contribution in [0.2, 0.25) is 0 Å². The molecule has 0 atom stereocenters. The van der Waals surface area contributed by atoms with Crippen LogP contribution in [0.5, 0.6) is 0 Å². The minimum Gasteiger partial charge on any atom is -0.356 e. The van der Waals surface area contributed by atoms with Crippen LogP contribution in [0.4, 0.5) is 0 Å². The van der Waals surface area contributed by atoms with Crippen molar-refractivity contribution in [3.8, 4) is 0 Å². The zero-order valence-electron chi connectivity index (χ0n) is 14.7. The SMILES string of the molecule is O=C(CCn1ncc(=O)c2ccccc21)NCCc1nc2ccccc2[nH]1. The van der Waals surface area contributed by atoms with Gasteiger partial charge in [0.1, 0.15) is 5.82 Å². The molecule has 0 unspecified atom stereocenters. The predicted molar refractivity (Wildman–Crippen MR) is 103 cm³/mol. The number of rotatable bonds is 6. The Bertz CT molecular complexity index is 1130. The quantitative estimate of drug-likeness (QED) is 0.549. The summed E-state index contributed by atoms with van der Waals surface area (Å²) in [7, 11) is 0. The molecule has 7 nitrogen and oxygen atoms in total. The Morgan fingerprint density at radius 2 is 1.93 bits per heavy atom. The van der Waals surface area contributed by atoms with Gasteiger partial charge in [-0.3, -0.25) is 14.3 Å². The standard InChI is InChI=1S/C20H19N5O2/c26-18-13-22-25(17-8-4-1-5-14(17)18)12-10-20(27)21-11-9-19-23-15-6-2-3-7-16(15)24-19/h1-8,13H,9-12H2,(H,21,27)(H,23,24). The van der Waals surface area contributed by atoms with Gasteiger partial charge in [-0.05, 0) is 24.3 Å². The van der Waals surface area contributed by atoms with Crippen molar-refractivity contribution in [2.45, 2.75) is 19.4 Å². The Morgan fingerprint density at radius 3 is 2.81 bits per heavy atom. The van der Waals surface area contributed by atoms with Crippen molar-refractivity contribution < 1.29 is 4.79 Å². The summed E-state index contributed by atoms with van der Waals surface area (Å²) in [4.78, 5) is 31.7. The summed E-state index contributed by atoms with van der Waals surface area (Å²) in [5.74, 6) is 0.792. The number of para-hydroxylation sites is 3.